The average molecular weight is 599 g/mol. The van der Waals surface area contributed by atoms with Gasteiger partial charge in [-0.3, -0.25) is 14.2 Å². The molecule has 1 atom stereocenters. The van der Waals surface area contributed by atoms with E-state index in [0.717, 1.165) is 28.6 Å². The molecular formula is C36H30N4O3S. The van der Waals surface area contributed by atoms with Crippen molar-refractivity contribution >= 4 is 50.8 Å². The van der Waals surface area contributed by atoms with Crippen LogP contribution in [0.25, 0.3) is 27.9 Å². The van der Waals surface area contributed by atoms with Crippen molar-refractivity contribution in [2.24, 2.45) is 4.99 Å². The lowest BCUT2D eigenvalue weighted by molar-refractivity contribution is -0.113. The van der Waals surface area contributed by atoms with Crippen LogP contribution in [0.4, 0.5) is 5.69 Å². The minimum absolute atomic E-state index is 0.192. The van der Waals surface area contributed by atoms with Gasteiger partial charge in [0.15, 0.2) is 4.80 Å². The highest BCUT2D eigenvalue weighted by molar-refractivity contribution is 7.07. The van der Waals surface area contributed by atoms with Gasteiger partial charge >= 0.3 is 0 Å². The molecule has 3 heterocycles. The minimum Gasteiger partial charge on any atom is -0.497 e. The van der Waals surface area contributed by atoms with Crippen LogP contribution in [-0.4, -0.2) is 22.2 Å². The first-order chi connectivity index (χ1) is 21.5. The summed E-state index contributed by atoms with van der Waals surface area (Å²) < 4.78 is 9.88. The van der Waals surface area contributed by atoms with E-state index in [9.17, 15) is 9.59 Å². The Morgan fingerprint density at radius 3 is 2.43 bits per heavy atom. The Kier molecular flexibility index (Phi) is 6.98. The smallest absolute Gasteiger partial charge is 0.271 e. The Morgan fingerprint density at radius 1 is 0.955 bits per heavy atom. The van der Waals surface area contributed by atoms with Gasteiger partial charge < -0.3 is 14.6 Å². The number of benzene rings is 4. The van der Waals surface area contributed by atoms with Crippen molar-refractivity contribution in [2.45, 2.75) is 26.4 Å². The van der Waals surface area contributed by atoms with Crippen molar-refractivity contribution in [3.05, 3.63) is 139 Å². The summed E-state index contributed by atoms with van der Waals surface area (Å²) in [5, 5.41) is 5.33. The molecule has 0 radical (unpaired) electrons. The van der Waals surface area contributed by atoms with E-state index in [-0.39, 0.29) is 11.5 Å². The Hall–Kier alpha value is -5.21. The van der Waals surface area contributed by atoms with Crippen molar-refractivity contribution < 1.29 is 9.53 Å². The predicted molar refractivity (Wildman–Crippen MR) is 177 cm³/mol. The second-order valence-electron chi connectivity index (χ2n) is 10.7. The van der Waals surface area contributed by atoms with Crippen molar-refractivity contribution in [3.8, 4) is 5.75 Å². The van der Waals surface area contributed by atoms with Crippen LogP contribution in [0.5, 0.6) is 5.75 Å². The van der Waals surface area contributed by atoms with Gasteiger partial charge in [0.25, 0.3) is 11.5 Å². The van der Waals surface area contributed by atoms with Crippen LogP contribution in [0.2, 0.25) is 0 Å². The van der Waals surface area contributed by atoms with Crippen LogP contribution in [0.15, 0.2) is 118 Å². The largest absolute Gasteiger partial charge is 0.497 e. The summed E-state index contributed by atoms with van der Waals surface area (Å²) in [5.41, 5.74) is 5.55. The van der Waals surface area contributed by atoms with Gasteiger partial charge in [-0.25, -0.2) is 4.99 Å². The molecule has 8 heteroatoms. The molecule has 7 nitrogen and oxygen atoms in total. The molecule has 218 valence electrons. The number of anilines is 1. The number of nitrogens with zero attached hydrogens (tertiary/aromatic N) is 3. The lowest BCUT2D eigenvalue weighted by Crippen LogP contribution is -2.40. The van der Waals surface area contributed by atoms with Gasteiger partial charge in [-0.2, -0.15) is 0 Å². The number of nitrogens with one attached hydrogen (secondary N) is 1. The van der Waals surface area contributed by atoms with Gasteiger partial charge in [-0.05, 0) is 73.5 Å². The van der Waals surface area contributed by atoms with Crippen LogP contribution in [-0.2, 0) is 11.3 Å². The first kappa shape index (κ1) is 27.6. The highest BCUT2D eigenvalue weighted by Crippen LogP contribution is 2.32. The molecule has 2 aromatic heterocycles. The molecule has 0 saturated carbocycles. The van der Waals surface area contributed by atoms with Crippen molar-refractivity contribution in [3.63, 3.8) is 0 Å². The summed E-state index contributed by atoms with van der Waals surface area (Å²) >= 11 is 1.34. The maximum atomic E-state index is 14.2. The first-order valence-corrected chi connectivity index (χ1v) is 15.3. The van der Waals surface area contributed by atoms with E-state index in [0.29, 0.717) is 32.0 Å². The normalized spacial score (nSPS) is 15.0. The molecule has 7 rings (SSSR count). The lowest BCUT2D eigenvalue weighted by Gasteiger charge is -2.25. The molecule has 44 heavy (non-hydrogen) atoms. The Morgan fingerprint density at radius 2 is 1.68 bits per heavy atom. The highest BCUT2D eigenvalue weighted by atomic mass is 32.1. The molecule has 1 N–H and O–H groups in total. The number of carbonyl (C=O) groups excluding carboxylic acids is 1. The summed E-state index contributed by atoms with van der Waals surface area (Å²) in [4.78, 5) is 33.3. The molecule has 0 spiro atoms. The quantitative estimate of drug-likeness (QED) is 0.255. The molecule has 0 bridgehead atoms. The fourth-order valence-corrected chi connectivity index (χ4v) is 7.13. The Balaban J connectivity index is 1.38. The monoisotopic (exact) mass is 598 g/mol. The van der Waals surface area contributed by atoms with E-state index >= 15 is 0 Å². The highest BCUT2D eigenvalue weighted by Gasteiger charge is 2.32. The third kappa shape index (κ3) is 4.64. The summed E-state index contributed by atoms with van der Waals surface area (Å²) in [5.74, 6) is 0.391. The molecule has 1 aliphatic rings. The summed E-state index contributed by atoms with van der Waals surface area (Å²) in [6.45, 7) is 4.84. The summed E-state index contributed by atoms with van der Waals surface area (Å²) in [7, 11) is 1.61. The fraction of sp³-hybridized carbons (Fsp3) is 0.139. The molecule has 1 amide bonds. The molecule has 6 aromatic rings. The van der Waals surface area contributed by atoms with E-state index in [2.05, 4.69) is 59.3 Å². The third-order valence-corrected chi connectivity index (χ3v) is 9.12. The molecule has 1 aliphatic heterocycles. The zero-order valence-electron chi connectivity index (χ0n) is 24.6. The number of amides is 1. The van der Waals surface area contributed by atoms with Crippen LogP contribution in [0.3, 0.4) is 0 Å². The SMILES string of the molecule is CCn1c2ccccc2c2cc(/C=c3/sc4n(c3=O)[C@@H](c3ccc(OC)cc3)C(C(=O)Nc3ccccc3)=C(C)N=4)ccc21. The van der Waals surface area contributed by atoms with Gasteiger partial charge in [0, 0.05) is 34.0 Å². The number of aromatic nitrogens is 2. The number of hydrogen-bond acceptors (Lipinski definition) is 5. The number of carbonyl (C=O) groups is 1. The topological polar surface area (TPSA) is 77.6 Å². The molecule has 0 saturated heterocycles. The molecule has 0 unspecified atom stereocenters. The number of hydrogen-bond donors (Lipinski definition) is 1. The summed E-state index contributed by atoms with van der Waals surface area (Å²) in [6, 6.07) is 30.8. The number of aryl methyl sites for hydroxylation is 1. The number of methoxy groups -OCH3 is 1. The molecular weight excluding hydrogens is 568 g/mol. The Bertz CT molecular complexity index is 2280. The van der Waals surface area contributed by atoms with E-state index in [4.69, 9.17) is 9.73 Å². The summed E-state index contributed by atoms with van der Waals surface area (Å²) in [6.07, 6.45) is 1.93. The van der Waals surface area contributed by atoms with E-state index in [1.54, 1.807) is 11.7 Å². The van der Waals surface area contributed by atoms with Crippen molar-refractivity contribution in [1.29, 1.82) is 0 Å². The van der Waals surface area contributed by atoms with Crippen LogP contribution in [0, 0.1) is 0 Å². The standard InChI is InChI=1S/C36H30N4O3S/c1-4-39-29-13-9-8-12-27(29)28-20-23(14-19-30(28)39)21-31-35(42)40-33(24-15-17-26(43-3)18-16-24)32(22(2)37-36(40)44-31)34(41)38-25-10-6-5-7-11-25/h5-21,33H,4H2,1-3H3,(H,38,41)/b31-21+/t33-/m0/s1. The van der Waals surface area contributed by atoms with Gasteiger partial charge in [0.2, 0.25) is 0 Å². The van der Waals surface area contributed by atoms with Crippen LogP contribution in [0.1, 0.15) is 31.0 Å². The zero-order chi connectivity index (χ0) is 30.4. The number of fused-ring (bicyclic) bond motifs is 4. The lowest BCUT2D eigenvalue weighted by atomic mass is 9.95. The van der Waals surface area contributed by atoms with Crippen molar-refractivity contribution in [1.82, 2.24) is 9.13 Å². The number of allylic oxidation sites excluding steroid dienone is 1. The predicted octanol–water partition coefficient (Wildman–Crippen LogP) is 6.01. The molecule has 4 aromatic carbocycles. The number of para-hydroxylation sites is 2. The van der Waals surface area contributed by atoms with E-state index in [1.165, 1.54) is 22.2 Å². The average Bonchev–Trinajstić information content (AvgIpc) is 3.53. The maximum Gasteiger partial charge on any atom is 0.271 e. The number of thiazole rings is 1. The van der Waals surface area contributed by atoms with E-state index in [1.807, 2.05) is 67.6 Å². The number of ether oxygens (including phenoxy) is 1. The van der Waals surface area contributed by atoms with Crippen LogP contribution >= 0.6 is 11.3 Å². The second kappa shape index (κ2) is 11.1. The molecule has 0 fully saturated rings. The number of rotatable bonds is 6. The Labute approximate surface area is 257 Å². The van der Waals surface area contributed by atoms with E-state index < -0.39 is 6.04 Å². The second-order valence-corrected chi connectivity index (χ2v) is 11.7. The van der Waals surface area contributed by atoms with Crippen molar-refractivity contribution in [2.75, 3.05) is 12.4 Å². The van der Waals surface area contributed by atoms with Gasteiger partial charge in [-0.15, -0.1) is 0 Å². The van der Waals surface area contributed by atoms with Gasteiger partial charge in [0.1, 0.15) is 5.75 Å². The zero-order valence-corrected chi connectivity index (χ0v) is 25.4. The third-order valence-electron chi connectivity index (χ3n) is 8.14. The minimum atomic E-state index is -0.659. The van der Waals surface area contributed by atoms with Crippen LogP contribution < -0.4 is 24.9 Å². The molecule has 0 aliphatic carbocycles. The fourth-order valence-electron chi connectivity index (χ4n) is 6.09. The maximum absolute atomic E-state index is 14.2. The first-order valence-electron chi connectivity index (χ1n) is 14.5. The van der Waals surface area contributed by atoms with Gasteiger partial charge in [0.05, 0.1) is 29.0 Å². The van der Waals surface area contributed by atoms with Gasteiger partial charge in [-0.1, -0.05) is 65.9 Å².